The molecule has 2 saturated heterocycles. The Bertz CT molecular complexity index is 1550. The van der Waals surface area contributed by atoms with Gasteiger partial charge in [-0.2, -0.15) is 9.36 Å². The Morgan fingerprint density at radius 1 is 1.18 bits per heavy atom. The standard InChI is InChI=1S/C31H44ClFN8O4/c1-19(43-6)17-39(22-11-21-9-8-10-40(21)31(3,4)15-22)26-14-29(34-16-23(26)32)35-25-13-27(41-30(42)38(5)36-37-41)28(12-24(25)33)45-18-20(2)44-7/h12-14,16,19-22H,8-11,15,17-18H2,1-7H3,(H,34,35)/t19-,20-,21-,22+/m0/s1. The summed E-state index contributed by atoms with van der Waals surface area (Å²) in [4.78, 5) is 22.2. The van der Waals surface area contributed by atoms with Crippen molar-refractivity contribution in [3.05, 3.63) is 45.7 Å². The number of rotatable bonds is 12. The van der Waals surface area contributed by atoms with Crippen molar-refractivity contribution in [1.82, 2.24) is 29.7 Å². The zero-order chi connectivity index (χ0) is 32.5. The Morgan fingerprint density at radius 2 is 1.93 bits per heavy atom. The van der Waals surface area contributed by atoms with Gasteiger partial charge in [-0.1, -0.05) is 11.6 Å². The van der Waals surface area contributed by atoms with Crippen LogP contribution in [0.3, 0.4) is 0 Å². The second-order valence-electron chi connectivity index (χ2n) is 12.7. The molecule has 14 heteroatoms. The summed E-state index contributed by atoms with van der Waals surface area (Å²) >= 11 is 6.83. The van der Waals surface area contributed by atoms with Crippen LogP contribution in [0.15, 0.2) is 29.2 Å². The number of aryl methyl sites for hydroxylation is 1. The number of hydrogen-bond acceptors (Lipinski definition) is 10. The van der Waals surface area contributed by atoms with Crippen LogP contribution >= 0.6 is 11.6 Å². The third-order valence-electron chi connectivity index (χ3n) is 9.01. The van der Waals surface area contributed by atoms with E-state index in [0.717, 1.165) is 34.4 Å². The summed E-state index contributed by atoms with van der Waals surface area (Å²) in [6, 6.07) is 5.25. The fourth-order valence-electron chi connectivity index (χ4n) is 6.52. The SMILES string of the molecule is CO[C@@H](C)COc1cc(F)c(Nc2cc(N(C[C@H](C)OC)[C@@H]3C[C@@H]4CCCN4C(C)(C)C3)c(Cl)cn2)cc1-n1nnn(C)c1=O. The van der Waals surface area contributed by atoms with Gasteiger partial charge in [0.1, 0.15) is 23.9 Å². The molecule has 0 radical (unpaired) electrons. The monoisotopic (exact) mass is 646 g/mol. The number of benzene rings is 1. The lowest BCUT2D eigenvalue weighted by molar-refractivity contribution is 0.0406. The highest BCUT2D eigenvalue weighted by molar-refractivity contribution is 6.33. The van der Waals surface area contributed by atoms with E-state index < -0.39 is 11.5 Å². The van der Waals surface area contributed by atoms with Crippen molar-refractivity contribution in [1.29, 1.82) is 0 Å². The number of pyridine rings is 1. The summed E-state index contributed by atoms with van der Waals surface area (Å²) in [5, 5.41) is 11.3. The maximum atomic E-state index is 15.6. The number of piperidine rings is 1. The predicted molar refractivity (Wildman–Crippen MR) is 172 cm³/mol. The van der Waals surface area contributed by atoms with Gasteiger partial charge in [0.2, 0.25) is 0 Å². The molecular weight excluding hydrogens is 603 g/mol. The quantitative estimate of drug-likeness (QED) is 0.301. The predicted octanol–water partition coefficient (Wildman–Crippen LogP) is 4.56. The minimum absolute atomic E-state index is 0.0437. The molecule has 246 valence electrons. The Kier molecular flexibility index (Phi) is 10.0. The molecule has 1 aromatic carbocycles. The van der Waals surface area contributed by atoms with Crippen LogP contribution in [0.5, 0.6) is 5.75 Å². The molecular formula is C31H44ClFN8O4. The Hall–Kier alpha value is -3.26. The molecule has 2 fully saturated rings. The number of nitrogens with zero attached hydrogens (tertiary/aromatic N) is 7. The lowest BCUT2D eigenvalue weighted by atomic mass is 9.82. The first-order valence-electron chi connectivity index (χ1n) is 15.4. The van der Waals surface area contributed by atoms with Crippen molar-refractivity contribution >= 4 is 28.8 Å². The molecule has 2 aliphatic rings. The lowest BCUT2D eigenvalue weighted by Crippen LogP contribution is -2.58. The van der Waals surface area contributed by atoms with E-state index in [1.54, 1.807) is 20.4 Å². The number of ether oxygens (including phenoxy) is 3. The molecule has 0 aliphatic carbocycles. The zero-order valence-electron chi connectivity index (χ0n) is 27.1. The molecule has 0 unspecified atom stereocenters. The second-order valence-corrected chi connectivity index (χ2v) is 13.1. The molecule has 12 nitrogen and oxygen atoms in total. The minimum Gasteiger partial charge on any atom is -0.489 e. The average molecular weight is 647 g/mol. The van der Waals surface area contributed by atoms with Crippen LogP contribution in [0.4, 0.5) is 21.6 Å². The number of methoxy groups -OCH3 is 2. The third-order valence-corrected chi connectivity index (χ3v) is 9.30. The maximum Gasteiger partial charge on any atom is 0.368 e. The van der Waals surface area contributed by atoms with Gasteiger partial charge in [-0.05, 0) is 76.4 Å². The first-order valence-corrected chi connectivity index (χ1v) is 15.8. The molecule has 0 saturated carbocycles. The molecule has 4 atom stereocenters. The molecule has 45 heavy (non-hydrogen) atoms. The lowest BCUT2D eigenvalue weighted by Gasteiger charge is -2.51. The van der Waals surface area contributed by atoms with Crippen LogP contribution in [0.1, 0.15) is 53.4 Å². The number of hydrogen-bond donors (Lipinski definition) is 1. The van der Waals surface area contributed by atoms with Crippen molar-refractivity contribution in [2.75, 3.05) is 44.1 Å². The normalized spacial score (nSPS) is 20.9. The summed E-state index contributed by atoms with van der Waals surface area (Å²) in [6.45, 7) is 10.4. The van der Waals surface area contributed by atoms with Crippen LogP contribution < -0.4 is 20.6 Å². The number of nitrogens with one attached hydrogen (secondary N) is 1. The molecule has 5 rings (SSSR count). The van der Waals surface area contributed by atoms with E-state index in [1.165, 1.54) is 32.0 Å². The number of anilines is 3. The number of aromatic nitrogens is 5. The van der Waals surface area contributed by atoms with Crippen molar-refractivity contribution in [3.8, 4) is 11.4 Å². The molecule has 4 heterocycles. The summed E-state index contributed by atoms with van der Waals surface area (Å²) in [5.74, 6) is -0.0933. The highest BCUT2D eigenvalue weighted by atomic mass is 35.5. The van der Waals surface area contributed by atoms with E-state index in [-0.39, 0.29) is 47.5 Å². The van der Waals surface area contributed by atoms with Crippen molar-refractivity contribution in [2.24, 2.45) is 7.05 Å². The van der Waals surface area contributed by atoms with E-state index in [0.29, 0.717) is 23.4 Å². The van der Waals surface area contributed by atoms with E-state index in [1.807, 2.05) is 19.9 Å². The molecule has 0 bridgehead atoms. The van der Waals surface area contributed by atoms with Gasteiger partial charge in [0.05, 0.1) is 34.8 Å². The van der Waals surface area contributed by atoms with Crippen molar-refractivity contribution < 1.29 is 18.6 Å². The summed E-state index contributed by atoms with van der Waals surface area (Å²) in [7, 11) is 4.74. The fraction of sp³-hybridized carbons (Fsp3) is 0.613. The number of tetrazole rings is 1. The van der Waals surface area contributed by atoms with E-state index >= 15 is 4.39 Å². The van der Waals surface area contributed by atoms with Crippen LogP contribution in [0.25, 0.3) is 5.69 Å². The summed E-state index contributed by atoms with van der Waals surface area (Å²) < 4.78 is 34.5. The fourth-order valence-corrected chi connectivity index (χ4v) is 6.73. The highest BCUT2D eigenvalue weighted by Gasteiger charge is 2.45. The maximum absolute atomic E-state index is 15.6. The van der Waals surface area contributed by atoms with Gasteiger partial charge in [0.25, 0.3) is 0 Å². The van der Waals surface area contributed by atoms with Gasteiger partial charge in [-0.15, -0.1) is 0 Å². The first kappa shape index (κ1) is 33.1. The molecule has 1 N–H and O–H groups in total. The van der Waals surface area contributed by atoms with E-state index in [2.05, 4.69) is 44.4 Å². The Labute approximate surface area is 268 Å². The average Bonchev–Trinajstić information content (AvgIpc) is 3.63. The van der Waals surface area contributed by atoms with E-state index in [4.69, 9.17) is 25.8 Å². The third kappa shape index (κ3) is 7.11. The first-order chi connectivity index (χ1) is 21.4. The summed E-state index contributed by atoms with van der Waals surface area (Å²) in [6.07, 6.45) is 5.66. The van der Waals surface area contributed by atoms with Gasteiger partial charge in [0, 0.05) is 57.6 Å². The van der Waals surface area contributed by atoms with Crippen molar-refractivity contribution in [2.45, 2.75) is 83.2 Å². The Morgan fingerprint density at radius 3 is 2.62 bits per heavy atom. The topological polar surface area (TPSA) is 112 Å². The smallest absolute Gasteiger partial charge is 0.368 e. The minimum atomic E-state index is -0.603. The summed E-state index contributed by atoms with van der Waals surface area (Å²) in [5.41, 5.74) is 0.623. The highest BCUT2D eigenvalue weighted by Crippen LogP contribution is 2.42. The van der Waals surface area contributed by atoms with Crippen LogP contribution in [0, 0.1) is 5.82 Å². The Balaban J connectivity index is 1.50. The largest absolute Gasteiger partial charge is 0.489 e. The van der Waals surface area contributed by atoms with Crippen LogP contribution in [0.2, 0.25) is 5.02 Å². The van der Waals surface area contributed by atoms with E-state index in [9.17, 15) is 4.79 Å². The zero-order valence-corrected chi connectivity index (χ0v) is 27.8. The molecule has 3 aromatic rings. The molecule has 2 aliphatic heterocycles. The van der Waals surface area contributed by atoms with Gasteiger partial charge < -0.3 is 24.4 Å². The van der Waals surface area contributed by atoms with Gasteiger partial charge in [0.15, 0.2) is 5.82 Å². The van der Waals surface area contributed by atoms with Gasteiger partial charge in [-0.25, -0.2) is 14.2 Å². The van der Waals surface area contributed by atoms with Crippen LogP contribution in [-0.2, 0) is 16.5 Å². The van der Waals surface area contributed by atoms with Crippen molar-refractivity contribution in [3.63, 3.8) is 0 Å². The molecule has 0 spiro atoms. The number of halogens is 2. The molecule has 0 amide bonds. The second kappa shape index (κ2) is 13.6. The van der Waals surface area contributed by atoms with Gasteiger partial charge in [-0.3, -0.25) is 4.90 Å². The van der Waals surface area contributed by atoms with Crippen LogP contribution in [-0.4, -0.2) is 93.4 Å². The van der Waals surface area contributed by atoms with Gasteiger partial charge >= 0.3 is 5.69 Å². The molecule has 2 aromatic heterocycles. The number of fused-ring (bicyclic) bond motifs is 1.